The summed E-state index contributed by atoms with van der Waals surface area (Å²) in [5, 5.41) is 11.2. The van der Waals surface area contributed by atoms with Gasteiger partial charge in [-0.25, -0.2) is 0 Å². The predicted octanol–water partition coefficient (Wildman–Crippen LogP) is 2.34. The molecule has 0 spiro atoms. The van der Waals surface area contributed by atoms with Crippen molar-refractivity contribution in [2.75, 3.05) is 0 Å². The molecule has 0 aliphatic carbocycles. The van der Waals surface area contributed by atoms with Crippen LogP contribution < -0.4 is 0 Å². The minimum Gasteiger partial charge on any atom is -0.517 e. The number of fused-ring (bicyclic) bond motifs is 1. The molecule has 0 unspecified atom stereocenters. The Kier molecular flexibility index (Phi) is 3.24. The Morgan fingerprint density at radius 2 is 1.92 bits per heavy atom. The summed E-state index contributed by atoms with van der Waals surface area (Å²) in [4.78, 5) is 0. The maximum Gasteiger partial charge on any atom is 0.0804 e. The van der Waals surface area contributed by atoms with E-state index in [0.717, 1.165) is 10.8 Å². The van der Waals surface area contributed by atoms with Gasteiger partial charge in [-0.3, -0.25) is 0 Å². The third-order valence-corrected chi connectivity index (χ3v) is 1.68. The quantitative estimate of drug-likeness (QED) is 0.691. The zero-order valence-corrected chi connectivity index (χ0v) is 9.33. The molecule has 1 nitrogen and oxygen atoms in total. The van der Waals surface area contributed by atoms with Crippen LogP contribution in [0.25, 0.3) is 10.8 Å². The largest absolute Gasteiger partial charge is 0.517 e. The van der Waals surface area contributed by atoms with Crippen molar-refractivity contribution in [3.05, 3.63) is 42.5 Å². The number of rotatable bonds is 0. The normalized spacial score (nSPS) is 9.33. The maximum atomic E-state index is 9.35. The Hall–Kier alpha value is -0.396. The molecule has 2 heteroatoms. The van der Waals surface area contributed by atoms with Gasteiger partial charge < -0.3 is 5.11 Å². The molecule has 2 rings (SSSR count). The van der Waals surface area contributed by atoms with Crippen LogP contribution in [0, 0.1) is 6.07 Å². The van der Waals surface area contributed by atoms with Crippen molar-refractivity contribution in [2.45, 2.75) is 0 Å². The summed E-state index contributed by atoms with van der Waals surface area (Å²) in [7, 11) is 0. The van der Waals surface area contributed by atoms with Crippen LogP contribution in [0.4, 0.5) is 0 Å². The summed E-state index contributed by atoms with van der Waals surface area (Å²) in [6.07, 6.45) is 0. The Morgan fingerprint density at radius 1 is 1.08 bits per heavy atom. The van der Waals surface area contributed by atoms with Crippen LogP contribution in [0.3, 0.4) is 0 Å². The second-order valence-electron chi connectivity index (χ2n) is 2.41. The Labute approximate surface area is 96.3 Å². The summed E-state index contributed by atoms with van der Waals surface area (Å²) in [6, 6.07) is 14.0. The summed E-state index contributed by atoms with van der Waals surface area (Å²) in [5.74, 6) is 0.319. The molecule has 0 saturated carbocycles. The molecule has 2 aromatic rings. The van der Waals surface area contributed by atoms with E-state index in [2.05, 4.69) is 6.07 Å². The van der Waals surface area contributed by atoms with Crippen molar-refractivity contribution in [2.24, 2.45) is 0 Å². The summed E-state index contributed by atoms with van der Waals surface area (Å²) in [5.41, 5.74) is 0. The first-order chi connectivity index (χ1) is 5.38. The van der Waals surface area contributed by atoms with Crippen LogP contribution in [0.5, 0.6) is 5.75 Å². The van der Waals surface area contributed by atoms with Crippen LogP contribution in [-0.2, 0) is 32.7 Å². The van der Waals surface area contributed by atoms with Gasteiger partial charge >= 0.3 is 0 Å². The van der Waals surface area contributed by atoms with Gasteiger partial charge in [0.2, 0.25) is 0 Å². The van der Waals surface area contributed by atoms with Crippen molar-refractivity contribution in [1.82, 2.24) is 0 Å². The van der Waals surface area contributed by atoms with Crippen molar-refractivity contribution < 1.29 is 37.8 Å². The summed E-state index contributed by atoms with van der Waals surface area (Å²) < 4.78 is 0. The SMILES string of the molecule is Oc1cccc2[c-]cccc12.[Y]. The number of hydrogen-bond acceptors (Lipinski definition) is 1. The fraction of sp³-hybridized carbons (Fsp3) is 0. The van der Waals surface area contributed by atoms with Crippen molar-refractivity contribution in [3.63, 3.8) is 0 Å². The van der Waals surface area contributed by atoms with E-state index in [4.69, 9.17) is 0 Å². The van der Waals surface area contributed by atoms with E-state index in [0.29, 0.717) is 5.75 Å². The van der Waals surface area contributed by atoms with Gasteiger partial charge in [-0.05, 0) is 6.07 Å². The molecule has 1 radical (unpaired) electrons. The molecular weight excluding hydrogens is 225 g/mol. The summed E-state index contributed by atoms with van der Waals surface area (Å²) >= 11 is 0. The molecule has 0 fully saturated rings. The molecular formula is C10H7OY-. The van der Waals surface area contributed by atoms with Crippen LogP contribution >= 0.6 is 0 Å². The monoisotopic (exact) mass is 232 g/mol. The summed E-state index contributed by atoms with van der Waals surface area (Å²) in [6.45, 7) is 0. The van der Waals surface area contributed by atoms with E-state index >= 15 is 0 Å². The van der Waals surface area contributed by atoms with Gasteiger partial charge in [-0.15, -0.1) is 41.8 Å². The zero-order chi connectivity index (χ0) is 7.68. The molecule has 0 heterocycles. The number of hydrogen-bond donors (Lipinski definition) is 1. The standard InChI is InChI=1S/C10H7O.Y/c11-10-7-3-5-8-4-1-2-6-9(8)10;/h1-3,5-7,11H;/q-1;. The number of phenolic OH excluding ortho intramolecular Hbond substituents is 1. The average Bonchev–Trinajstić information content (AvgIpc) is 2.06. The Morgan fingerprint density at radius 3 is 2.67 bits per heavy atom. The van der Waals surface area contributed by atoms with Gasteiger partial charge in [0.15, 0.2) is 0 Å². The fourth-order valence-electron chi connectivity index (χ4n) is 1.14. The number of phenols is 1. The second kappa shape index (κ2) is 4.02. The zero-order valence-electron chi connectivity index (χ0n) is 6.49. The molecule has 12 heavy (non-hydrogen) atoms. The average molecular weight is 232 g/mol. The molecule has 0 aliphatic rings. The molecule has 0 aromatic heterocycles. The first-order valence-electron chi connectivity index (χ1n) is 3.46. The van der Waals surface area contributed by atoms with Crippen molar-refractivity contribution in [1.29, 1.82) is 0 Å². The van der Waals surface area contributed by atoms with Gasteiger partial charge in [0.1, 0.15) is 0 Å². The van der Waals surface area contributed by atoms with Gasteiger partial charge in [0, 0.05) is 32.7 Å². The first kappa shape index (κ1) is 9.69. The molecule has 0 saturated heterocycles. The van der Waals surface area contributed by atoms with Crippen LogP contribution in [0.15, 0.2) is 36.4 Å². The minimum absolute atomic E-state index is 0. The van der Waals surface area contributed by atoms with Crippen molar-refractivity contribution in [3.8, 4) is 5.75 Å². The molecule has 57 valence electrons. The third-order valence-electron chi connectivity index (χ3n) is 1.68. The molecule has 0 amide bonds. The van der Waals surface area contributed by atoms with Gasteiger partial charge in [-0.2, -0.15) is 0 Å². The molecule has 0 bridgehead atoms. The number of aromatic hydroxyl groups is 1. The van der Waals surface area contributed by atoms with E-state index in [1.54, 1.807) is 6.07 Å². The van der Waals surface area contributed by atoms with Crippen molar-refractivity contribution >= 4 is 10.8 Å². The fourth-order valence-corrected chi connectivity index (χ4v) is 1.14. The predicted molar refractivity (Wildman–Crippen MR) is 44.4 cm³/mol. The molecule has 0 aliphatic heterocycles. The topological polar surface area (TPSA) is 20.2 Å². The molecule has 2 aromatic carbocycles. The van der Waals surface area contributed by atoms with Gasteiger partial charge in [-0.1, -0.05) is 5.39 Å². The maximum absolute atomic E-state index is 9.35. The van der Waals surface area contributed by atoms with Gasteiger partial charge in [0.05, 0.1) is 5.75 Å². The van der Waals surface area contributed by atoms with Gasteiger partial charge in [0.25, 0.3) is 0 Å². The third kappa shape index (κ3) is 1.67. The van der Waals surface area contributed by atoms with E-state index in [1.807, 2.05) is 30.3 Å². The van der Waals surface area contributed by atoms with Crippen LogP contribution in [0.1, 0.15) is 0 Å². The van der Waals surface area contributed by atoms with Crippen LogP contribution in [-0.4, -0.2) is 5.11 Å². The Balaban J connectivity index is 0.000000720. The molecule has 1 N–H and O–H groups in total. The van der Waals surface area contributed by atoms with Crippen LogP contribution in [0.2, 0.25) is 0 Å². The molecule has 0 atom stereocenters. The Bertz CT molecular complexity index is 379. The smallest absolute Gasteiger partial charge is 0.0804 e. The van der Waals surface area contributed by atoms with E-state index in [9.17, 15) is 5.11 Å². The minimum atomic E-state index is 0. The first-order valence-corrected chi connectivity index (χ1v) is 3.46. The number of benzene rings is 2. The second-order valence-corrected chi connectivity index (χ2v) is 2.41. The van der Waals surface area contributed by atoms with E-state index in [-0.39, 0.29) is 32.7 Å². The van der Waals surface area contributed by atoms with E-state index in [1.165, 1.54) is 0 Å². The van der Waals surface area contributed by atoms with E-state index < -0.39 is 0 Å².